The van der Waals surface area contributed by atoms with Gasteiger partial charge in [0.15, 0.2) is 5.37 Å². The molecule has 0 amide bonds. The van der Waals surface area contributed by atoms with Crippen LogP contribution in [0, 0.1) is 17.0 Å². The van der Waals surface area contributed by atoms with Crippen LogP contribution in [-0.4, -0.2) is 46.6 Å². The molecule has 1 N–H and O–H groups in total. The SMILES string of the molecule is Cc1csc([N+](=O)[O-])c1C(NS(=O)(=O)c1ccccc1)S(=O)(=O)Oc1ccc(N(CCCl)CCCl)cc1. The summed E-state index contributed by atoms with van der Waals surface area (Å²) in [4.78, 5) is 12.6. The zero-order chi connectivity index (χ0) is 27.2. The average Bonchev–Trinajstić information content (AvgIpc) is 3.24. The van der Waals surface area contributed by atoms with E-state index < -0.39 is 35.4 Å². The molecule has 2 aromatic carbocycles. The Morgan fingerprint density at radius 3 is 2.16 bits per heavy atom. The number of sulfonamides is 1. The van der Waals surface area contributed by atoms with Gasteiger partial charge < -0.3 is 9.08 Å². The molecule has 200 valence electrons. The highest BCUT2D eigenvalue weighted by Crippen LogP contribution is 2.39. The van der Waals surface area contributed by atoms with Gasteiger partial charge in [-0.25, -0.2) is 8.42 Å². The predicted molar refractivity (Wildman–Crippen MR) is 145 cm³/mol. The van der Waals surface area contributed by atoms with Gasteiger partial charge in [-0.05, 0) is 48.9 Å². The van der Waals surface area contributed by atoms with Gasteiger partial charge >= 0.3 is 15.1 Å². The number of nitro groups is 1. The molecule has 37 heavy (non-hydrogen) atoms. The van der Waals surface area contributed by atoms with Crippen LogP contribution in [0.1, 0.15) is 16.5 Å². The topological polar surface area (TPSA) is 136 Å². The molecule has 0 radical (unpaired) electrons. The minimum Gasteiger partial charge on any atom is -0.381 e. The van der Waals surface area contributed by atoms with E-state index in [-0.39, 0.29) is 21.8 Å². The smallest absolute Gasteiger partial charge is 0.331 e. The zero-order valence-electron chi connectivity index (χ0n) is 19.4. The van der Waals surface area contributed by atoms with Crippen LogP contribution in [0.25, 0.3) is 0 Å². The Bertz CT molecular complexity index is 1430. The average molecular weight is 609 g/mol. The van der Waals surface area contributed by atoms with Crippen molar-refractivity contribution in [2.24, 2.45) is 0 Å². The fraction of sp³-hybridized carbons (Fsp3) is 0.273. The summed E-state index contributed by atoms with van der Waals surface area (Å²) in [6, 6.07) is 13.0. The van der Waals surface area contributed by atoms with E-state index in [0.717, 1.165) is 5.69 Å². The van der Waals surface area contributed by atoms with Gasteiger partial charge in [0.1, 0.15) is 5.75 Å². The third-order valence-electron chi connectivity index (χ3n) is 5.16. The molecular formula is C22H23Cl2N3O7S3. The Kier molecular flexibility index (Phi) is 9.78. The molecule has 0 aliphatic carbocycles. The normalized spacial score (nSPS) is 12.7. The van der Waals surface area contributed by atoms with Gasteiger partial charge in [-0.1, -0.05) is 29.5 Å². The maximum absolute atomic E-state index is 13.4. The van der Waals surface area contributed by atoms with Crippen LogP contribution < -0.4 is 13.8 Å². The second kappa shape index (κ2) is 12.4. The van der Waals surface area contributed by atoms with Crippen molar-refractivity contribution in [3.8, 4) is 5.75 Å². The lowest BCUT2D eigenvalue weighted by Gasteiger charge is -2.23. The lowest BCUT2D eigenvalue weighted by atomic mass is 10.2. The van der Waals surface area contributed by atoms with Crippen molar-refractivity contribution < 1.29 is 25.9 Å². The Labute approximate surface area is 229 Å². The van der Waals surface area contributed by atoms with E-state index in [1.165, 1.54) is 48.7 Å². The van der Waals surface area contributed by atoms with Gasteiger partial charge in [-0.15, -0.1) is 23.2 Å². The summed E-state index contributed by atoms with van der Waals surface area (Å²) in [5.74, 6) is 0.594. The van der Waals surface area contributed by atoms with Crippen LogP contribution in [0.2, 0.25) is 0 Å². The number of nitrogens with one attached hydrogen (secondary N) is 1. The number of thiophene rings is 1. The summed E-state index contributed by atoms with van der Waals surface area (Å²) in [5, 5.41) is 10.4. The third-order valence-corrected chi connectivity index (χ3v) is 9.50. The van der Waals surface area contributed by atoms with E-state index in [4.69, 9.17) is 27.4 Å². The van der Waals surface area contributed by atoms with Crippen LogP contribution in [0.15, 0.2) is 64.9 Å². The highest BCUT2D eigenvalue weighted by atomic mass is 35.5. The number of nitrogens with zero attached hydrogens (tertiary/aromatic N) is 2. The minimum absolute atomic E-state index is 0.111. The Hall–Kier alpha value is -2.42. The van der Waals surface area contributed by atoms with Gasteiger partial charge in [0, 0.05) is 35.9 Å². The highest BCUT2D eigenvalue weighted by Gasteiger charge is 2.40. The number of aryl methyl sites for hydroxylation is 1. The first kappa shape index (κ1) is 29.1. The number of anilines is 1. The number of alkyl halides is 2. The lowest BCUT2D eigenvalue weighted by Crippen LogP contribution is -2.36. The van der Waals surface area contributed by atoms with Crippen molar-refractivity contribution in [3.63, 3.8) is 0 Å². The van der Waals surface area contributed by atoms with E-state index in [2.05, 4.69) is 4.72 Å². The Balaban J connectivity index is 2.01. The molecule has 0 bridgehead atoms. The van der Waals surface area contributed by atoms with E-state index in [0.29, 0.717) is 36.2 Å². The van der Waals surface area contributed by atoms with Gasteiger partial charge in [0.05, 0.1) is 15.4 Å². The minimum atomic E-state index is -4.82. The lowest BCUT2D eigenvalue weighted by molar-refractivity contribution is -0.380. The third kappa shape index (κ3) is 7.12. The summed E-state index contributed by atoms with van der Waals surface area (Å²) in [7, 11) is -9.23. The summed E-state index contributed by atoms with van der Waals surface area (Å²) < 4.78 is 60.4. The molecule has 0 aliphatic rings. The largest absolute Gasteiger partial charge is 0.381 e. The summed E-state index contributed by atoms with van der Waals surface area (Å²) in [6.45, 7) is 2.48. The maximum Gasteiger partial charge on any atom is 0.331 e. The molecule has 3 aromatic rings. The molecule has 0 aliphatic heterocycles. The van der Waals surface area contributed by atoms with E-state index in [1.54, 1.807) is 18.2 Å². The molecule has 1 heterocycles. The molecule has 15 heteroatoms. The molecule has 1 atom stereocenters. The molecule has 0 saturated carbocycles. The number of benzene rings is 2. The van der Waals surface area contributed by atoms with Gasteiger partial charge in [0.25, 0.3) is 0 Å². The van der Waals surface area contributed by atoms with Crippen molar-refractivity contribution in [1.29, 1.82) is 0 Å². The predicted octanol–water partition coefficient (Wildman–Crippen LogP) is 4.63. The van der Waals surface area contributed by atoms with Gasteiger partial charge in [-0.2, -0.15) is 13.1 Å². The first-order chi connectivity index (χ1) is 17.5. The molecule has 1 unspecified atom stereocenters. The van der Waals surface area contributed by atoms with Crippen LogP contribution >= 0.6 is 34.5 Å². The standard InChI is InChI=1S/C22H23Cl2N3O7S3/c1-16-15-35-22(27(28)29)20(16)21(25-36(30,31)19-5-3-2-4-6-19)37(32,33)34-18-9-7-17(8-10-18)26(13-11-23)14-12-24/h2-10,15,21,25H,11-14H2,1H3. The van der Waals surface area contributed by atoms with Gasteiger partial charge in [-0.3, -0.25) is 10.1 Å². The Morgan fingerprint density at radius 2 is 1.62 bits per heavy atom. The molecule has 0 fully saturated rings. The fourth-order valence-corrected chi connectivity index (χ4v) is 7.79. The first-order valence-corrected chi connectivity index (χ1v) is 15.6. The second-order valence-electron chi connectivity index (χ2n) is 7.64. The summed E-state index contributed by atoms with van der Waals surface area (Å²) >= 11 is 12.4. The van der Waals surface area contributed by atoms with Crippen molar-refractivity contribution in [1.82, 2.24) is 4.72 Å². The van der Waals surface area contributed by atoms with Crippen LogP contribution in [-0.2, 0) is 20.1 Å². The van der Waals surface area contributed by atoms with Gasteiger partial charge in [0.2, 0.25) is 10.0 Å². The summed E-state index contributed by atoms with van der Waals surface area (Å²) in [6.07, 6.45) is 0. The maximum atomic E-state index is 13.4. The van der Waals surface area contributed by atoms with Crippen molar-refractivity contribution >= 4 is 65.4 Å². The van der Waals surface area contributed by atoms with E-state index in [9.17, 15) is 26.9 Å². The van der Waals surface area contributed by atoms with Crippen LogP contribution in [0.5, 0.6) is 5.75 Å². The molecular weight excluding hydrogens is 585 g/mol. The molecule has 0 spiro atoms. The molecule has 0 saturated heterocycles. The highest BCUT2D eigenvalue weighted by molar-refractivity contribution is 7.92. The molecule has 10 nitrogen and oxygen atoms in total. The number of hydrogen-bond donors (Lipinski definition) is 1. The first-order valence-electron chi connectivity index (χ1n) is 10.7. The number of halogens is 2. The monoisotopic (exact) mass is 607 g/mol. The number of hydrogen-bond acceptors (Lipinski definition) is 9. The van der Waals surface area contributed by atoms with Crippen molar-refractivity contribution in [2.75, 3.05) is 29.7 Å². The molecule has 1 aromatic heterocycles. The van der Waals surface area contributed by atoms with E-state index >= 15 is 0 Å². The summed E-state index contributed by atoms with van der Waals surface area (Å²) in [5.41, 5.74) is 0.621. The molecule has 3 rings (SSSR count). The Morgan fingerprint density at radius 1 is 1.03 bits per heavy atom. The van der Waals surface area contributed by atoms with Crippen LogP contribution in [0.3, 0.4) is 0 Å². The van der Waals surface area contributed by atoms with Crippen molar-refractivity contribution in [3.05, 3.63) is 81.2 Å². The fourth-order valence-electron chi connectivity index (χ4n) is 3.44. The number of rotatable bonds is 13. The van der Waals surface area contributed by atoms with E-state index in [1.807, 2.05) is 4.90 Å². The van der Waals surface area contributed by atoms with Crippen molar-refractivity contribution in [2.45, 2.75) is 17.2 Å². The zero-order valence-corrected chi connectivity index (χ0v) is 23.4. The quantitative estimate of drug-likeness (QED) is 0.128. The van der Waals surface area contributed by atoms with Crippen LogP contribution in [0.4, 0.5) is 10.7 Å². The second-order valence-corrected chi connectivity index (χ2v) is 12.6.